The number of sulfone groups is 1. The number of halogens is 1. The highest BCUT2D eigenvalue weighted by molar-refractivity contribution is 7.94. The number of hydrogen-bond acceptors (Lipinski definition) is 3. The molecule has 4 nitrogen and oxygen atoms in total. The van der Waals surface area contributed by atoms with E-state index in [2.05, 4.69) is 0 Å². The van der Waals surface area contributed by atoms with Gasteiger partial charge in [-0.2, -0.15) is 0 Å². The Labute approximate surface area is 117 Å². The van der Waals surface area contributed by atoms with Gasteiger partial charge in [-0.3, -0.25) is 4.79 Å². The zero-order valence-corrected chi connectivity index (χ0v) is 11.9. The monoisotopic (exact) mass is 299 g/mol. The van der Waals surface area contributed by atoms with Crippen molar-refractivity contribution in [2.75, 3.05) is 10.7 Å². The van der Waals surface area contributed by atoms with Crippen LogP contribution >= 0.6 is 11.6 Å². The highest BCUT2D eigenvalue weighted by Crippen LogP contribution is 2.24. The van der Waals surface area contributed by atoms with Crippen LogP contribution in [0.3, 0.4) is 0 Å². The van der Waals surface area contributed by atoms with E-state index in [1.165, 1.54) is 11.0 Å². The van der Waals surface area contributed by atoms with E-state index in [0.29, 0.717) is 5.69 Å². The van der Waals surface area contributed by atoms with Crippen LogP contribution in [0.2, 0.25) is 0 Å². The number of hydrogen-bond donors (Lipinski definition) is 0. The Morgan fingerprint density at radius 2 is 2.00 bits per heavy atom. The summed E-state index contributed by atoms with van der Waals surface area (Å²) in [5.41, 5.74) is 0.645. The molecule has 1 aromatic rings. The van der Waals surface area contributed by atoms with Gasteiger partial charge in [-0.1, -0.05) is 18.2 Å². The molecule has 102 valence electrons. The van der Waals surface area contributed by atoms with Crippen molar-refractivity contribution >= 4 is 33.0 Å². The summed E-state index contributed by atoms with van der Waals surface area (Å²) >= 11 is 5.86. The molecule has 1 aliphatic heterocycles. The van der Waals surface area contributed by atoms with Gasteiger partial charge in [0.1, 0.15) is 5.38 Å². The Morgan fingerprint density at radius 1 is 1.37 bits per heavy atom. The first-order valence-corrected chi connectivity index (χ1v) is 7.99. The number of benzene rings is 1. The molecule has 0 saturated carbocycles. The predicted molar refractivity (Wildman–Crippen MR) is 76.0 cm³/mol. The molecule has 0 radical (unpaired) electrons. The number of amides is 1. The minimum Gasteiger partial charge on any atom is -0.303 e. The van der Waals surface area contributed by atoms with Crippen LogP contribution in [0.5, 0.6) is 0 Å². The molecule has 0 fully saturated rings. The number of anilines is 1. The van der Waals surface area contributed by atoms with Gasteiger partial charge in [0.15, 0.2) is 9.84 Å². The molecule has 0 N–H and O–H groups in total. The van der Waals surface area contributed by atoms with Crippen LogP contribution < -0.4 is 4.90 Å². The molecule has 2 atom stereocenters. The molecule has 0 saturated heterocycles. The van der Waals surface area contributed by atoms with Crippen molar-refractivity contribution in [2.45, 2.75) is 18.3 Å². The Morgan fingerprint density at radius 3 is 2.47 bits per heavy atom. The fraction of sp³-hybridized carbons (Fsp3) is 0.308. The van der Waals surface area contributed by atoms with Crippen LogP contribution in [0.25, 0.3) is 0 Å². The van der Waals surface area contributed by atoms with Gasteiger partial charge in [0.25, 0.3) is 0 Å². The second-order valence-corrected chi connectivity index (χ2v) is 6.97. The van der Waals surface area contributed by atoms with Crippen LogP contribution in [0.4, 0.5) is 5.69 Å². The number of rotatable bonds is 3. The van der Waals surface area contributed by atoms with Crippen LogP contribution in [0, 0.1) is 0 Å². The quantitative estimate of drug-likeness (QED) is 0.802. The minimum atomic E-state index is -3.23. The third kappa shape index (κ3) is 3.16. The van der Waals surface area contributed by atoms with E-state index < -0.39 is 21.3 Å². The van der Waals surface area contributed by atoms with Gasteiger partial charge in [0.2, 0.25) is 5.91 Å². The van der Waals surface area contributed by atoms with E-state index in [1.54, 1.807) is 31.2 Å². The second-order valence-electron chi connectivity index (χ2n) is 4.39. The smallest absolute Gasteiger partial charge is 0.245 e. The maximum absolute atomic E-state index is 12.2. The maximum atomic E-state index is 12.2. The normalized spacial score (nSPS) is 22.1. The third-order valence-corrected chi connectivity index (χ3v) is 4.42. The van der Waals surface area contributed by atoms with E-state index in [1.807, 2.05) is 6.07 Å². The van der Waals surface area contributed by atoms with E-state index in [0.717, 1.165) is 5.41 Å². The van der Waals surface area contributed by atoms with Gasteiger partial charge < -0.3 is 4.90 Å². The average molecular weight is 300 g/mol. The number of para-hydroxylation sites is 1. The molecule has 0 unspecified atom stereocenters. The molecule has 1 aliphatic rings. The van der Waals surface area contributed by atoms with Crippen molar-refractivity contribution in [3.8, 4) is 0 Å². The van der Waals surface area contributed by atoms with Gasteiger partial charge in [0, 0.05) is 11.1 Å². The Hall–Kier alpha value is -1.33. The van der Waals surface area contributed by atoms with Crippen molar-refractivity contribution in [1.82, 2.24) is 0 Å². The Balaban J connectivity index is 2.37. The lowest BCUT2D eigenvalue weighted by molar-refractivity contribution is -0.118. The summed E-state index contributed by atoms with van der Waals surface area (Å²) in [5.74, 6) is -0.406. The maximum Gasteiger partial charge on any atom is 0.245 e. The summed E-state index contributed by atoms with van der Waals surface area (Å²) in [5, 5.41) is 0.441. The van der Waals surface area contributed by atoms with Gasteiger partial charge in [-0.05, 0) is 25.1 Å². The zero-order valence-electron chi connectivity index (χ0n) is 10.4. The molecule has 1 aromatic carbocycles. The minimum absolute atomic E-state index is 0.1000. The molecule has 6 heteroatoms. The van der Waals surface area contributed by atoms with Crippen LogP contribution in [0.15, 0.2) is 41.8 Å². The fourth-order valence-corrected chi connectivity index (χ4v) is 3.36. The SMILES string of the molecule is C[C@H](Cl)C(=O)N(c1ccccc1)[C@H]1C=CS(=O)(=O)C1. The van der Waals surface area contributed by atoms with Crippen molar-refractivity contribution in [3.63, 3.8) is 0 Å². The number of carbonyl (C=O) groups excluding carboxylic acids is 1. The summed E-state index contributed by atoms with van der Waals surface area (Å²) in [6.07, 6.45) is 1.53. The van der Waals surface area contributed by atoms with E-state index in [-0.39, 0.29) is 11.7 Å². The zero-order chi connectivity index (χ0) is 14.0. The average Bonchev–Trinajstić information content (AvgIpc) is 2.71. The van der Waals surface area contributed by atoms with Gasteiger partial charge >= 0.3 is 0 Å². The van der Waals surface area contributed by atoms with Gasteiger partial charge in [-0.25, -0.2) is 8.42 Å². The Bertz CT molecular complexity index is 596. The van der Waals surface area contributed by atoms with Gasteiger partial charge in [-0.15, -0.1) is 11.6 Å². The molecule has 19 heavy (non-hydrogen) atoms. The molecule has 0 spiro atoms. The number of alkyl halides is 1. The highest BCUT2D eigenvalue weighted by Gasteiger charge is 2.32. The molecule has 1 amide bonds. The lowest BCUT2D eigenvalue weighted by Crippen LogP contribution is -2.44. The molecule has 0 aliphatic carbocycles. The van der Waals surface area contributed by atoms with Crippen LogP contribution in [-0.4, -0.2) is 31.5 Å². The standard InChI is InChI=1S/C13H14ClNO3S/c1-10(14)13(16)15(11-5-3-2-4-6-11)12-7-8-19(17,18)9-12/h2-8,10,12H,9H2,1H3/t10-,12-/m0/s1. The first-order valence-electron chi connectivity index (χ1n) is 5.84. The second kappa shape index (κ2) is 5.35. The fourth-order valence-electron chi connectivity index (χ4n) is 1.98. The summed E-state index contributed by atoms with van der Waals surface area (Å²) in [6, 6.07) is 8.44. The molecule has 1 heterocycles. The van der Waals surface area contributed by atoms with Crippen LogP contribution in [-0.2, 0) is 14.6 Å². The van der Waals surface area contributed by atoms with Crippen molar-refractivity contribution < 1.29 is 13.2 Å². The van der Waals surface area contributed by atoms with E-state index in [9.17, 15) is 13.2 Å². The van der Waals surface area contributed by atoms with Crippen LogP contribution in [0.1, 0.15) is 6.92 Å². The van der Waals surface area contributed by atoms with Crippen molar-refractivity contribution in [1.29, 1.82) is 0 Å². The lowest BCUT2D eigenvalue weighted by atomic mass is 10.2. The topological polar surface area (TPSA) is 54.5 Å². The highest BCUT2D eigenvalue weighted by atomic mass is 35.5. The van der Waals surface area contributed by atoms with Crippen molar-refractivity contribution in [2.24, 2.45) is 0 Å². The predicted octanol–water partition coefficient (Wildman–Crippen LogP) is 1.96. The molecule has 0 aromatic heterocycles. The lowest BCUT2D eigenvalue weighted by Gasteiger charge is -2.28. The molecule has 0 bridgehead atoms. The van der Waals surface area contributed by atoms with Gasteiger partial charge in [0.05, 0.1) is 11.8 Å². The third-order valence-electron chi connectivity index (χ3n) is 2.85. The Kier molecular flexibility index (Phi) is 3.96. The number of carbonyl (C=O) groups is 1. The molecular formula is C13H14ClNO3S. The van der Waals surface area contributed by atoms with Crippen molar-refractivity contribution in [3.05, 3.63) is 41.8 Å². The first-order chi connectivity index (χ1) is 8.91. The molecule has 2 rings (SSSR count). The molecular weight excluding hydrogens is 286 g/mol. The largest absolute Gasteiger partial charge is 0.303 e. The van der Waals surface area contributed by atoms with E-state index >= 15 is 0 Å². The van der Waals surface area contributed by atoms with E-state index in [4.69, 9.17) is 11.6 Å². The summed E-state index contributed by atoms with van der Waals surface area (Å²) in [7, 11) is -3.23. The summed E-state index contributed by atoms with van der Waals surface area (Å²) < 4.78 is 23.0. The number of nitrogens with zero attached hydrogens (tertiary/aromatic N) is 1. The summed E-state index contributed by atoms with van der Waals surface area (Å²) in [6.45, 7) is 1.58. The first kappa shape index (κ1) is 14.1. The summed E-state index contributed by atoms with van der Waals surface area (Å²) in [4.78, 5) is 13.6.